The second kappa shape index (κ2) is 3.43. The Morgan fingerprint density at radius 2 is 2.00 bits per heavy atom. The van der Waals surface area contributed by atoms with Gasteiger partial charge in [0.1, 0.15) is 5.82 Å². The highest BCUT2D eigenvalue weighted by molar-refractivity contribution is 6.04. The highest BCUT2D eigenvalue weighted by Crippen LogP contribution is 2.59. The molecule has 2 aliphatic carbocycles. The number of Topliss-reactive ketones (excluding diaryl/α,β-unsaturated/α-hetero) is 1. The summed E-state index contributed by atoms with van der Waals surface area (Å²) in [6.45, 7) is 6.58. The summed E-state index contributed by atoms with van der Waals surface area (Å²) >= 11 is 0. The second-order valence-electron chi connectivity index (χ2n) is 6.59. The van der Waals surface area contributed by atoms with Crippen molar-refractivity contribution in [1.82, 2.24) is 0 Å². The maximum atomic E-state index is 13.6. The standard InChI is InChI=1S/C16H19FO/c1-15(2)8-4-5-12-14(18)11-7-6-10(17)9-13(11)16(12,15)3/h6-7,9,12H,4-5,8H2,1-3H3/t12-,16-/m1/s1. The highest BCUT2D eigenvalue weighted by Gasteiger charge is 2.57. The van der Waals surface area contributed by atoms with Crippen LogP contribution in [0.15, 0.2) is 18.2 Å². The summed E-state index contributed by atoms with van der Waals surface area (Å²) in [5.74, 6) is 0.0307. The lowest BCUT2D eigenvalue weighted by molar-refractivity contribution is 0.0485. The summed E-state index contributed by atoms with van der Waals surface area (Å²) in [6, 6.07) is 4.66. The van der Waals surface area contributed by atoms with Gasteiger partial charge in [-0.25, -0.2) is 4.39 Å². The molecule has 3 rings (SSSR count). The van der Waals surface area contributed by atoms with Crippen LogP contribution in [0.3, 0.4) is 0 Å². The highest BCUT2D eigenvalue weighted by atomic mass is 19.1. The van der Waals surface area contributed by atoms with Gasteiger partial charge in [-0.3, -0.25) is 4.79 Å². The first-order valence-electron chi connectivity index (χ1n) is 6.72. The molecule has 0 bridgehead atoms. The van der Waals surface area contributed by atoms with E-state index in [4.69, 9.17) is 0 Å². The molecule has 0 heterocycles. The average Bonchev–Trinajstić information content (AvgIpc) is 2.52. The normalized spacial score (nSPS) is 33.1. The van der Waals surface area contributed by atoms with E-state index in [0.717, 1.165) is 30.4 Å². The molecule has 2 aliphatic rings. The van der Waals surface area contributed by atoms with Gasteiger partial charge in [0.05, 0.1) is 0 Å². The van der Waals surface area contributed by atoms with Gasteiger partial charge in [0.15, 0.2) is 5.78 Å². The Kier molecular flexibility index (Phi) is 2.27. The summed E-state index contributed by atoms with van der Waals surface area (Å²) in [4.78, 5) is 12.5. The molecule has 0 aliphatic heterocycles. The molecule has 1 aromatic rings. The van der Waals surface area contributed by atoms with Crippen LogP contribution in [0.25, 0.3) is 0 Å². The van der Waals surface area contributed by atoms with Crippen LogP contribution in [0.4, 0.5) is 4.39 Å². The molecule has 0 unspecified atom stereocenters. The number of halogens is 1. The van der Waals surface area contributed by atoms with Crippen LogP contribution in [0, 0.1) is 17.2 Å². The van der Waals surface area contributed by atoms with Crippen LogP contribution in [-0.2, 0) is 5.41 Å². The first-order valence-corrected chi connectivity index (χ1v) is 6.72. The molecule has 2 atom stereocenters. The van der Waals surface area contributed by atoms with Crippen molar-refractivity contribution in [2.45, 2.75) is 45.4 Å². The van der Waals surface area contributed by atoms with E-state index < -0.39 is 0 Å². The predicted octanol–water partition coefficient (Wildman–Crippen LogP) is 4.11. The minimum atomic E-state index is -0.232. The predicted molar refractivity (Wildman–Crippen MR) is 69.2 cm³/mol. The van der Waals surface area contributed by atoms with Crippen molar-refractivity contribution >= 4 is 5.78 Å². The number of hydrogen-bond acceptors (Lipinski definition) is 1. The molecule has 1 nitrogen and oxygen atoms in total. The van der Waals surface area contributed by atoms with Crippen molar-refractivity contribution < 1.29 is 9.18 Å². The molecule has 0 aromatic heterocycles. The fourth-order valence-corrected chi connectivity index (χ4v) is 4.06. The first-order chi connectivity index (χ1) is 8.38. The molecule has 0 amide bonds. The van der Waals surface area contributed by atoms with Crippen molar-refractivity contribution in [3.8, 4) is 0 Å². The van der Waals surface area contributed by atoms with Gasteiger partial charge >= 0.3 is 0 Å². The summed E-state index contributed by atoms with van der Waals surface area (Å²) in [5, 5.41) is 0. The van der Waals surface area contributed by atoms with E-state index in [1.165, 1.54) is 6.07 Å². The molecule has 1 fully saturated rings. The van der Waals surface area contributed by atoms with Gasteiger partial charge in [-0.2, -0.15) is 0 Å². The van der Waals surface area contributed by atoms with Gasteiger partial charge in [-0.1, -0.05) is 27.2 Å². The second-order valence-corrected chi connectivity index (χ2v) is 6.59. The van der Waals surface area contributed by atoms with Gasteiger partial charge in [0.2, 0.25) is 0 Å². The SMILES string of the molecule is CC1(C)CCC[C@@H]2C(=O)c3ccc(F)cc3[C@@]21C. The molecular weight excluding hydrogens is 227 g/mol. The minimum Gasteiger partial charge on any atom is -0.294 e. The summed E-state index contributed by atoms with van der Waals surface area (Å²) < 4.78 is 13.6. The molecular formula is C16H19FO. The Morgan fingerprint density at radius 3 is 2.72 bits per heavy atom. The Hall–Kier alpha value is -1.18. The summed E-state index contributed by atoms with van der Waals surface area (Å²) in [7, 11) is 0. The molecule has 1 saturated carbocycles. The Labute approximate surface area is 107 Å². The molecule has 0 spiro atoms. The van der Waals surface area contributed by atoms with E-state index in [0.29, 0.717) is 0 Å². The number of benzene rings is 1. The third-order valence-electron chi connectivity index (χ3n) is 5.52. The van der Waals surface area contributed by atoms with Crippen LogP contribution in [-0.4, -0.2) is 5.78 Å². The monoisotopic (exact) mass is 246 g/mol. The Bertz CT molecular complexity index is 532. The number of carbonyl (C=O) groups is 1. The van der Waals surface area contributed by atoms with Crippen molar-refractivity contribution in [1.29, 1.82) is 0 Å². The van der Waals surface area contributed by atoms with Crippen LogP contribution < -0.4 is 0 Å². The molecule has 1 aromatic carbocycles. The van der Waals surface area contributed by atoms with E-state index in [2.05, 4.69) is 20.8 Å². The molecule has 18 heavy (non-hydrogen) atoms. The Morgan fingerprint density at radius 1 is 1.28 bits per heavy atom. The molecule has 96 valence electrons. The van der Waals surface area contributed by atoms with E-state index >= 15 is 0 Å². The van der Waals surface area contributed by atoms with Crippen LogP contribution in [0.5, 0.6) is 0 Å². The lowest BCUT2D eigenvalue weighted by Crippen LogP contribution is -2.47. The van der Waals surface area contributed by atoms with E-state index in [1.807, 2.05) is 0 Å². The third kappa shape index (κ3) is 1.24. The maximum absolute atomic E-state index is 13.6. The van der Waals surface area contributed by atoms with Gasteiger partial charge in [-0.15, -0.1) is 0 Å². The third-order valence-corrected chi connectivity index (χ3v) is 5.52. The van der Waals surface area contributed by atoms with Crippen molar-refractivity contribution in [3.05, 3.63) is 35.1 Å². The minimum absolute atomic E-state index is 0.0399. The Balaban J connectivity index is 2.28. The summed E-state index contributed by atoms with van der Waals surface area (Å²) in [5.41, 5.74) is 1.52. The lowest BCUT2D eigenvalue weighted by atomic mass is 9.53. The zero-order valence-electron chi connectivity index (χ0n) is 11.2. The molecule has 0 radical (unpaired) electrons. The summed E-state index contributed by atoms with van der Waals surface area (Å²) in [6.07, 6.45) is 3.13. The van der Waals surface area contributed by atoms with Gasteiger partial charge in [0.25, 0.3) is 0 Å². The average molecular weight is 246 g/mol. The fourth-order valence-electron chi connectivity index (χ4n) is 4.06. The lowest BCUT2D eigenvalue weighted by Gasteiger charge is -2.49. The topological polar surface area (TPSA) is 17.1 Å². The van der Waals surface area contributed by atoms with E-state index in [-0.39, 0.29) is 28.3 Å². The molecule has 0 N–H and O–H groups in total. The number of carbonyl (C=O) groups excluding carboxylic acids is 1. The molecule has 0 saturated heterocycles. The van der Waals surface area contributed by atoms with Gasteiger partial charge in [0, 0.05) is 16.9 Å². The number of fused-ring (bicyclic) bond motifs is 3. The largest absolute Gasteiger partial charge is 0.294 e. The van der Waals surface area contributed by atoms with Crippen molar-refractivity contribution in [3.63, 3.8) is 0 Å². The fraction of sp³-hybridized carbons (Fsp3) is 0.562. The maximum Gasteiger partial charge on any atom is 0.167 e. The van der Waals surface area contributed by atoms with Gasteiger partial charge < -0.3 is 0 Å². The van der Waals surface area contributed by atoms with Crippen LogP contribution in [0.1, 0.15) is 56.0 Å². The number of hydrogen-bond donors (Lipinski definition) is 0. The van der Waals surface area contributed by atoms with E-state index in [9.17, 15) is 9.18 Å². The van der Waals surface area contributed by atoms with Crippen molar-refractivity contribution in [2.75, 3.05) is 0 Å². The first kappa shape index (κ1) is 11.9. The van der Waals surface area contributed by atoms with Crippen LogP contribution in [0.2, 0.25) is 0 Å². The van der Waals surface area contributed by atoms with Crippen LogP contribution >= 0.6 is 0 Å². The number of ketones is 1. The van der Waals surface area contributed by atoms with Gasteiger partial charge in [-0.05, 0) is 42.0 Å². The number of rotatable bonds is 0. The molecule has 2 heteroatoms. The van der Waals surface area contributed by atoms with Crippen molar-refractivity contribution in [2.24, 2.45) is 11.3 Å². The quantitative estimate of drug-likeness (QED) is 0.673. The smallest absolute Gasteiger partial charge is 0.167 e. The van der Waals surface area contributed by atoms with E-state index in [1.54, 1.807) is 12.1 Å². The zero-order valence-corrected chi connectivity index (χ0v) is 11.2. The zero-order chi connectivity index (χ0) is 13.1.